The van der Waals surface area contributed by atoms with Gasteiger partial charge in [-0.1, -0.05) is 0 Å². The van der Waals surface area contributed by atoms with Crippen molar-refractivity contribution < 1.29 is 9.53 Å². The van der Waals surface area contributed by atoms with Crippen LogP contribution in [0.1, 0.15) is 24.8 Å². The van der Waals surface area contributed by atoms with E-state index in [4.69, 9.17) is 10.5 Å². The molecule has 0 aliphatic carbocycles. The summed E-state index contributed by atoms with van der Waals surface area (Å²) in [6, 6.07) is 3.57. The SMILES string of the molecule is Nc1cc(CC(=O)CC2CCCO2)ccn1. The van der Waals surface area contributed by atoms with Gasteiger partial charge in [-0.2, -0.15) is 0 Å². The van der Waals surface area contributed by atoms with E-state index in [1.165, 1.54) is 0 Å². The number of rotatable bonds is 4. The first-order valence-corrected chi connectivity index (χ1v) is 5.58. The van der Waals surface area contributed by atoms with Crippen LogP contribution in [0, 0.1) is 0 Å². The van der Waals surface area contributed by atoms with Crippen molar-refractivity contribution >= 4 is 11.6 Å². The molecule has 0 saturated carbocycles. The van der Waals surface area contributed by atoms with Crippen LogP contribution in [0.25, 0.3) is 0 Å². The van der Waals surface area contributed by atoms with Gasteiger partial charge in [0.1, 0.15) is 11.6 Å². The number of nitrogen functional groups attached to an aromatic ring is 1. The van der Waals surface area contributed by atoms with Crippen LogP contribution in [0.15, 0.2) is 18.3 Å². The molecule has 0 bridgehead atoms. The third-order valence-electron chi connectivity index (χ3n) is 2.73. The molecular weight excluding hydrogens is 204 g/mol. The molecular formula is C12H16N2O2. The third kappa shape index (κ3) is 3.03. The fourth-order valence-electron chi connectivity index (χ4n) is 1.96. The molecule has 1 aromatic rings. The Morgan fingerprint density at radius 2 is 2.50 bits per heavy atom. The number of carbonyl (C=O) groups excluding carboxylic acids is 1. The highest BCUT2D eigenvalue weighted by Gasteiger charge is 2.18. The van der Waals surface area contributed by atoms with Crippen molar-refractivity contribution in [2.24, 2.45) is 0 Å². The fraction of sp³-hybridized carbons (Fsp3) is 0.500. The zero-order valence-electron chi connectivity index (χ0n) is 9.19. The van der Waals surface area contributed by atoms with Gasteiger partial charge in [0.15, 0.2) is 0 Å². The molecule has 4 nitrogen and oxygen atoms in total. The normalized spacial score (nSPS) is 19.9. The molecule has 2 N–H and O–H groups in total. The van der Waals surface area contributed by atoms with Gasteiger partial charge < -0.3 is 10.5 Å². The van der Waals surface area contributed by atoms with Crippen LogP contribution in [-0.4, -0.2) is 23.5 Å². The van der Waals surface area contributed by atoms with Crippen LogP contribution >= 0.6 is 0 Å². The smallest absolute Gasteiger partial charge is 0.139 e. The van der Waals surface area contributed by atoms with Gasteiger partial charge in [-0.25, -0.2) is 4.98 Å². The summed E-state index contributed by atoms with van der Waals surface area (Å²) in [6.45, 7) is 0.792. The Balaban J connectivity index is 1.86. The molecule has 1 fully saturated rings. The third-order valence-corrected chi connectivity index (χ3v) is 2.73. The number of ether oxygens (including phenoxy) is 1. The molecule has 2 heterocycles. The molecule has 86 valence electrons. The van der Waals surface area contributed by atoms with E-state index >= 15 is 0 Å². The first-order chi connectivity index (χ1) is 7.74. The van der Waals surface area contributed by atoms with Crippen molar-refractivity contribution in [2.75, 3.05) is 12.3 Å². The Kier molecular flexibility index (Phi) is 3.51. The Morgan fingerprint density at radius 1 is 1.62 bits per heavy atom. The predicted octanol–water partition coefficient (Wildman–Crippen LogP) is 1.34. The fourth-order valence-corrected chi connectivity index (χ4v) is 1.96. The Morgan fingerprint density at radius 3 is 3.19 bits per heavy atom. The van der Waals surface area contributed by atoms with Crippen molar-refractivity contribution in [1.29, 1.82) is 0 Å². The molecule has 16 heavy (non-hydrogen) atoms. The predicted molar refractivity (Wildman–Crippen MR) is 61.0 cm³/mol. The van der Waals surface area contributed by atoms with E-state index in [9.17, 15) is 4.79 Å². The van der Waals surface area contributed by atoms with Gasteiger partial charge in [-0.15, -0.1) is 0 Å². The summed E-state index contributed by atoms with van der Waals surface area (Å²) in [5.74, 6) is 0.667. The molecule has 2 rings (SSSR count). The second-order valence-electron chi connectivity index (χ2n) is 4.14. The first-order valence-electron chi connectivity index (χ1n) is 5.58. The van der Waals surface area contributed by atoms with Crippen LogP contribution in [0.4, 0.5) is 5.82 Å². The van der Waals surface area contributed by atoms with E-state index in [-0.39, 0.29) is 11.9 Å². The molecule has 0 aromatic carbocycles. The maximum Gasteiger partial charge on any atom is 0.139 e. The number of hydrogen-bond donors (Lipinski definition) is 1. The number of aromatic nitrogens is 1. The average Bonchev–Trinajstić information content (AvgIpc) is 2.70. The van der Waals surface area contributed by atoms with Gasteiger partial charge in [0.05, 0.1) is 6.10 Å². The van der Waals surface area contributed by atoms with Gasteiger partial charge in [0.2, 0.25) is 0 Å². The number of carbonyl (C=O) groups is 1. The Labute approximate surface area is 94.8 Å². The zero-order chi connectivity index (χ0) is 11.4. The molecule has 0 radical (unpaired) electrons. The molecule has 4 heteroatoms. The van der Waals surface area contributed by atoms with E-state index in [1.807, 2.05) is 6.07 Å². The highest BCUT2D eigenvalue weighted by Crippen LogP contribution is 2.16. The van der Waals surface area contributed by atoms with Crippen molar-refractivity contribution in [3.8, 4) is 0 Å². The number of Topliss-reactive ketones (excluding diaryl/α,β-unsaturated/α-hetero) is 1. The minimum atomic E-state index is 0.131. The summed E-state index contributed by atoms with van der Waals surface area (Å²) in [4.78, 5) is 15.6. The van der Waals surface area contributed by atoms with Gasteiger partial charge in [-0.3, -0.25) is 4.79 Å². The van der Waals surface area contributed by atoms with Crippen molar-refractivity contribution in [3.63, 3.8) is 0 Å². The number of pyridine rings is 1. The number of anilines is 1. The second kappa shape index (κ2) is 5.07. The summed E-state index contributed by atoms with van der Waals surface area (Å²) >= 11 is 0. The highest BCUT2D eigenvalue weighted by atomic mass is 16.5. The number of nitrogens with zero attached hydrogens (tertiary/aromatic N) is 1. The maximum absolute atomic E-state index is 11.7. The topological polar surface area (TPSA) is 65.2 Å². The van der Waals surface area contributed by atoms with Gasteiger partial charge in [0.25, 0.3) is 0 Å². The average molecular weight is 220 g/mol. The van der Waals surface area contributed by atoms with Crippen molar-refractivity contribution in [1.82, 2.24) is 4.98 Å². The van der Waals surface area contributed by atoms with Crippen LogP contribution < -0.4 is 5.73 Å². The molecule has 0 spiro atoms. The summed E-state index contributed by atoms with van der Waals surface area (Å²) in [6.07, 6.45) is 4.77. The van der Waals surface area contributed by atoms with E-state index < -0.39 is 0 Å². The minimum Gasteiger partial charge on any atom is -0.384 e. The second-order valence-corrected chi connectivity index (χ2v) is 4.14. The Bertz CT molecular complexity index is 373. The number of ketones is 1. The molecule has 0 amide bonds. The molecule has 1 aromatic heterocycles. The lowest BCUT2D eigenvalue weighted by Gasteiger charge is -2.08. The van der Waals surface area contributed by atoms with E-state index in [2.05, 4.69) is 4.98 Å². The summed E-state index contributed by atoms with van der Waals surface area (Å²) in [7, 11) is 0. The van der Waals surface area contributed by atoms with Gasteiger partial charge in [0, 0.05) is 25.6 Å². The van der Waals surface area contributed by atoms with Crippen LogP contribution in [-0.2, 0) is 16.0 Å². The summed E-state index contributed by atoms with van der Waals surface area (Å²) in [5, 5.41) is 0. The zero-order valence-corrected chi connectivity index (χ0v) is 9.19. The number of hydrogen-bond acceptors (Lipinski definition) is 4. The van der Waals surface area contributed by atoms with E-state index in [0.717, 1.165) is 25.0 Å². The quantitative estimate of drug-likeness (QED) is 0.831. The largest absolute Gasteiger partial charge is 0.384 e. The van der Waals surface area contributed by atoms with Crippen LogP contribution in [0.3, 0.4) is 0 Å². The lowest BCUT2D eigenvalue weighted by atomic mass is 10.0. The Hall–Kier alpha value is -1.42. The molecule has 1 atom stereocenters. The molecule has 1 unspecified atom stereocenters. The molecule has 1 aliphatic heterocycles. The summed E-state index contributed by atoms with van der Waals surface area (Å²) < 4.78 is 5.43. The number of nitrogens with two attached hydrogens (primary N) is 1. The van der Waals surface area contributed by atoms with Crippen molar-refractivity contribution in [3.05, 3.63) is 23.9 Å². The van der Waals surface area contributed by atoms with Gasteiger partial charge >= 0.3 is 0 Å². The van der Waals surface area contributed by atoms with E-state index in [0.29, 0.717) is 18.7 Å². The molecule has 1 aliphatic rings. The first kappa shape index (κ1) is 11.1. The summed E-state index contributed by atoms with van der Waals surface area (Å²) in [5.41, 5.74) is 6.48. The van der Waals surface area contributed by atoms with E-state index in [1.54, 1.807) is 12.3 Å². The maximum atomic E-state index is 11.7. The van der Waals surface area contributed by atoms with Crippen LogP contribution in [0.2, 0.25) is 0 Å². The standard InChI is InChI=1S/C12H16N2O2/c13-12-7-9(3-4-14-12)6-10(15)8-11-2-1-5-16-11/h3-4,7,11H,1-2,5-6,8H2,(H2,13,14). The lowest BCUT2D eigenvalue weighted by Crippen LogP contribution is -2.14. The lowest BCUT2D eigenvalue weighted by molar-refractivity contribution is -0.120. The van der Waals surface area contributed by atoms with Gasteiger partial charge in [-0.05, 0) is 30.5 Å². The van der Waals surface area contributed by atoms with Crippen LogP contribution in [0.5, 0.6) is 0 Å². The minimum absolute atomic E-state index is 0.131. The molecule has 1 saturated heterocycles. The highest BCUT2D eigenvalue weighted by molar-refractivity contribution is 5.81. The monoisotopic (exact) mass is 220 g/mol. The van der Waals surface area contributed by atoms with Crippen molar-refractivity contribution in [2.45, 2.75) is 31.8 Å².